The van der Waals surface area contributed by atoms with Crippen LogP contribution in [0.25, 0.3) is 5.65 Å². The van der Waals surface area contributed by atoms with Gasteiger partial charge in [-0.15, -0.1) is 0 Å². The van der Waals surface area contributed by atoms with Gasteiger partial charge in [-0.05, 0) is 74.3 Å². The number of Topliss-reactive ketones (excluding diaryl/α,β-unsaturated/α-hetero) is 1. The van der Waals surface area contributed by atoms with E-state index in [2.05, 4.69) is 11.1 Å². The summed E-state index contributed by atoms with van der Waals surface area (Å²) in [6.07, 6.45) is 0.555. The molecule has 2 aromatic heterocycles. The van der Waals surface area contributed by atoms with Gasteiger partial charge in [-0.1, -0.05) is 17.7 Å². The molecular weight excluding hydrogens is 505 g/mol. The van der Waals surface area contributed by atoms with Crippen molar-refractivity contribution in [3.63, 3.8) is 0 Å². The summed E-state index contributed by atoms with van der Waals surface area (Å²) in [5, 5.41) is 9.07. The van der Waals surface area contributed by atoms with Gasteiger partial charge in [-0.25, -0.2) is 4.98 Å². The molecule has 1 amide bonds. The molecule has 10 heteroatoms. The van der Waals surface area contributed by atoms with Crippen LogP contribution in [0.3, 0.4) is 0 Å². The van der Waals surface area contributed by atoms with Gasteiger partial charge in [0.1, 0.15) is 10.8 Å². The molecule has 0 bridgehead atoms. The summed E-state index contributed by atoms with van der Waals surface area (Å²) in [7, 11) is 0. The Morgan fingerprint density at radius 1 is 1.14 bits per heavy atom. The van der Waals surface area contributed by atoms with Gasteiger partial charge in [0.05, 0.1) is 17.2 Å². The highest BCUT2D eigenvalue weighted by Crippen LogP contribution is 2.43. The molecule has 1 saturated heterocycles. The van der Waals surface area contributed by atoms with E-state index in [1.54, 1.807) is 35.4 Å². The molecule has 2 aliphatic rings. The molecule has 2 fully saturated rings. The van der Waals surface area contributed by atoms with E-state index in [0.29, 0.717) is 49.0 Å². The van der Waals surface area contributed by atoms with Crippen LogP contribution in [0.1, 0.15) is 78.0 Å². The first kappa shape index (κ1) is 25.3. The second kappa shape index (κ2) is 9.82. The monoisotopic (exact) mass is 528 g/mol. The highest BCUT2D eigenvalue weighted by Gasteiger charge is 2.38. The lowest BCUT2D eigenvalue weighted by Gasteiger charge is -2.22. The number of hydrogen-bond acceptors (Lipinski definition) is 4. The molecule has 1 aliphatic heterocycles. The molecule has 1 aliphatic carbocycles. The topological polar surface area (TPSA) is 78.5 Å². The lowest BCUT2D eigenvalue weighted by molar-refractivity contribution is -0.136. The largest absolute Gasteiger partial charge is 0.419 e. The second-order valence-corrected chi connectivity index (χ2v) is 10.1. The van der Waals surface area contributed by atoms with Crippen molar-refractivity contribution in [3.05, 3.63) is 64.1 Å². The van der Waals surface area contributed by atoms with Gasteiger partial charge in [0.2, 0.25) is 5.91 Å². The van der Waals surface area contributed by atoms with Gasteiger partial charge in [-0.3, -0.25) is 14.0 Å². The summed E-state index contributed by atoms with van der Waals surface area (Å²) in [5.41, 5.74) is 0.195. The predicted molar refractivity (Wildman–Crippen MR) is 132 cm³/mol. The Kier molecular flexibility index (Phi) is 6.71. The third kappa shape index (κ3) is 5.08. The van der Waals surface area contributed by atoms with Gasteiger partial charge in [-0.2, -0.15) is 18.4 Å². The number of alkyl halides is 3. The summed E-state index contributed by atoms with van der Waals surface area (Å²) in [6, 6.07) is 9.99. The van der Waals surface area contributed by atoms with Gasteiger partial charge >= 0.3 is 6.18 Å². The Hall–Kier alpha value is -3.38. The number of nitrogens with zero attached hydrogens (tertiary/aromatic N) is 4. The molecule has 1 atom stereocenters. The minimum Gasteiger partial charge on any atom is -0.312 e. The minimum absolute atomic E-state index is 0.0619. The van der Waals surface area contributed by atoms with Crippen LogP contribution < -0.4 is 4.90 Å². The Morgan fingerprint density at radius 3 is 2.59 bits per heavy atom. The van der Waals surface area contributed by atoms with Crippen LogP contribution in [0.2, 0.25) is 5.15 Å². The molecule has 0 spiro atoms. The maximum Gasteiger partial charge on any atom is 0.419 e. The first-order valence-electron chi connectivity index (χ1n) is 12.3. The molecule has 3 heterocycles. The maximum absolute atomic E-state index is 13.8. The van der Waals surface area contributed by atoms with Crippen LogP contribution in [0.15, 0.2) is 36.5 Å². The van der Waals surface area contributed by atoms with E-state index < -0.39 is 23.4 Å². The van der Waals surface area contributed by atoms with Crippen LogP contribution >= 0.6 is 11.6 Å². The minimum atomic E-state index is -4.63. The van der Waals surface area contributed by atoms with Crippen molar-refractivity contribution in [2.45, 2.75) is 57.0 Å². The Balaban J connectivity index is 1.41. The molecule has 1 unspecified atom stereocenters. The second-order valence-electron chi connectivity index (χ2n) is 9.71. The van der Waals surface area contributed by atoms with Gasteiger partial charge < -0.3 is 4.90 Å². The van der Waals surface area contributed by atoms with Crippen molar-refractivity contribution in [1.29, 1.82) is 5.26 Å². The number of carbonyl (C=O) groups excluding carboxylic acids is 2. The van der Waals surface area contributed by atoms with Gasteiger partial charge in [0.15, 0.2) is 11.4 Å². The number of nitriles is 1. The molecular formula is C27H24ClF3N4O2. The molecule has 6 nitrogen and oxygen atoms in total. The number of aromatic nitrogens is 2. The van der Waals surface area contributed by atoms with Crippen LogP contribution in [0, 0.1) is 17.2 Å². The average molecular weight is 529 g/mol. The summed E-state index contributed by atoms with van der Waals surface area (Å²) >= 11 is 6.47. The summed E-state index contributed by atoms with van der Waals surface area (Å²) in [6.45, 7) is 0.360. The lowest BCUT2D eigenvalue weighted by Crippen LogP contribution is -2.31. The first-order chi connectivity index (χ1) is 17.7. The number of hydrogen-bond donors (Lipinski definition) is 0. The maximum atomic E-state index is 13.8. The fraction of sp³-hybridized carbons (Fsp3) is 0.407. The fourth-order valence-electron chi connectivity index (χ4n) is 5.02. The number of fused-ring (bicyclic) bond motifs is 1. The lowest BCUT2D eigenvalue weighted by atomic mass is 9.91. The first-order valence-corrected chi connectivity index (χ1v) is 12.7. The number of pyridine rings is 1. The van der Waals surface area contributed by atoms with Crippen molar-refractivity contribution in [3.8, 4) is 6.07 Å². The van der Waals surface area contributed by atoms with E-state index in [1.165, 1.54) is 4.40 Å². The Bertz CT molecular complexity index is 1420. The number of carbonyl (C=O) groups is 2. The number of imidazole rings is 1. The molecule has 3 aromatic rings. The molecule has 192 valence electrons. The zero-order valence-corrected chi connectivity index (χ0v) is 20.6. The van der Waals surface area contributed by atoms with E-state index >= 15 is 0 Å². The zero-order chi connectivity index (χ0) is 26.3. The SMILES string of the molecule is N#Cc1cccc(N2CCCC(C(=O)c3nc4c(C(F)(F)F)cc(C5CC5)cn4c3Cl)CCCC2=O)c1. The third-order valence-corrected chi connectivity index (χ3v) is 7.47. The van der Waals surface area contributed by atoms with Crippen molar-refractivity contribution in [2.75, 3.05) is 11.4 Å². The average Bonchev–Trinajstić information content (AvgIpc) is 3.66. The van der Waals surface area contributed by atoms with E-state index in [-0.39, 0.29) is 34.7 Å². The molecule has 5 rings (SSSR count). The third-order valence-electron chi connectivity index (χ3n) is 7.11. The Labute approximate surface area is 216 Å². The van der Waals surface area contributed by atoms with Crippen molar-refractivity contribution in [2.24, 2.45) is 5.92 Å². The summed E-state index contributed by atoms with van der Waals surface area (Å²) in [5.74, 6) is -0.955. The van der Waals surface area contributed by atoms with E-state index in [9.17, 15) is 28.0 Å². The molecule has 37 heavy (non-hydrogen) atoms. The summed E-state index contributed by atoms with van der Waals surface area (Å²) < 4.78 is 42.7. The molecule has 0 radical (unpaired) electrons. The Morgan fingerprint density at radius 2 is 1.89 bits per heavy atom. The van der Waals surface area contributed by atoms with Gasteiger partial charge in [0.25, 0.3) is 0 Å². The number of amides is 1. The van der Waals surface area contributed by atoms with Crippen LogP contribution in [0.5, 0.6) is 0 Å². The van der Waals surface area contributed by atoms with Crippen LogP contribution in [-0.4, -0.2) is 27.6 Å². The smallest absolute Gasteiger partial charge is 0.312 e. The normalized spacial score (nSPS) is 19.3. The molecule has 0 N–H and O–H groups in total. The predicted octanol–water partition coefficient (Wildman–Crippen LogP) is 6.55. The van der Waals surface area contributed by atoms with Gasteiger partial charge in [0, 0.05) is 30.8 Å². The zero-order valence-electron chi connectivity index (χ0n) is 19.9. The van der Waals surface area contributed by atoms with Crippen molar-refractivity contribution in [1.82, 2.24) is 9.38 Å². The van der Waals surface area contributed by atoms with E-state index in [4.69, 9.17) is 11.6 Å². The number of rotatable bonds is 4. The molecule has 1 saturated carbocycles. The van der Waals surface area contributed by atoms with E-state index in [1.807, 2.05) is 0 Å². The van der Waals surface area contributed by atoms with Crippen LogP contribution in [-0.2, 0) is 11.0 Å². The highest BCUT2D eigenvalue weighted by molar-refractivity contribution is 6.33. The van der Waals surface area contributed by atoms with Crippen LogP contribution in [0.4, 0.5) is 18.9 Å². The molecule has 1 aromatic carbocycles. The van der Waals surface area contributed by atoms with Crippen molar-refractivity contribution >= 4 is 34.6 Å². The van der Waals surface area contributed by atoms with Crippen molar-refractivity contribution < 1.29 is 22.8 Å². The quantitative estimate of drug-likeness (QED) is 0.360. The summed E-state index contributed by atoms with van der Waals surface area (Å²) in [4.78, 5) is 32.1. The van der Waals surface area contributed by atoms with E-state index in [0.717, 1.165) is 18.9 Å². The fourth-order valence-corrected chi connectivity index (χ4v) is 5.28. The number of ketones is 1. The number of halogens is 4. The standard InChI is InChI=1S/C27H24ClF3N4O2/c28-25-23(33-26-21(27(29,30)31)13-19(15-35(25)26)17-9-10-17)24(37)18-5-2-8-22(36)34(11-3-6-18)20-7-1-4-16(12-20)14-32/h1,4,7,12-13,15,17-18H,2-3,5-6,8-11H2. The highest BCUT2D eigenvalue weighted by atomic mass is 35.5. The number of benzene rings is 1. The number of anilines is 1.